The van der Waals surface area contributed by atoms with Gasteiger partial charge in [0.1, 0.15) is 11.4 Å². The molecule has 2 aromatic carbocycles. The molecule has 0 atom stereocenters. The van der Waals surface area contributed by atoms with Crippen molar-refractivity contribution in [3.05, 3.63) is 129 Å². The number of nitrogens with two attached hydrogens (primary N) is 2. The number of aliphatic carboxylic acids is 2. The quantitative estimate of drug-likeness (QED) is 0.0392. The van der Waals surface area contributed by atoms with Crippen LogP contribution >= 0.6 is 0 Å². The number of hydrogen-bond acceptors (Lipinski definition) is 10. The van der Waals surface area contributed by atoms with Gasteiger partial charge in [-0.25, -0.2) is 20.4 Å². The van der Waals surface area contributed by atoms with Crippen LogP contribution in [0.1, 0.15) is 11.4 Å². The topological polar surface area (TPSA) is 319 Å². The first-order valence-electron chi connectivity index (χ1n) is 13.7. The number of nitro groups is 2. The van der Waals surface area contributed by atoms with Crippen LogP contribution in [0.25, 0.3) is 23.5 Å². The molecule has 0 radical (unpaired) electrons. The Morgan fingerprint density at radius 2 is 1.04 bits per heavy atom. The summed E-state index contributed by atoms with van der Waals surface area (Å²) in [6.07, 6.45) is 13.1. The van der Waals surface area contributed by atoms with Crippen molar-refractivity contribution in [1.82, 2.24) is 20.0 Å². The van der Waals surface area contributed by atoms with E-state index in [0.717, 1.165) is 11.4 Å². The fourth-order valence-corrected chi connectivity index (χ4v) is 3.73. The number of guanidine groups is 2. The monoisotopic (exact) mass is 686 g/mol. The number of benzene rings is 2. The molecule has 0 aliphatic heterocycles. The van der Waals surface area contributed by atoms with E-state index >= 15 is 0 Å². The summed E-state index contributed by atoms with van der Waals surface area (Å²) in [5.74, 6) is -4.16. The molecule has 0 saturated carbocycles. The lowest BCUT2D eigenvalue weighted by atomic mass is 10.2. The lowest BCUT2D eigenvalue weighted by Crippen LogP contribution is -2.25. The number of aromatic nitrogens is 2. The molecule has 4 aromatic rings. The molecular weight excluding hydrogens is 656 g/mol. The molecule has 258 valence electrons. The van der Waals surface area contributed by atoms with Crippen molar-refractivity contribution in [1.29, 1.82) is 10.8 Å². The fourth-order valence-electron chi connectivity index (χ4n) is 3.73. The Labute approximate surface area is 282 Å². The molecule has 10 N–H and O–H groups in total. The predicted molar refractivity (Wildman–Crippen MR) is 185 cm³/mol. The minimum Gasteiger partial charge on any atom is -0.473 e. The van der Waals surface area contributed by atoms with Gasteiger partial charge in [0.2, 0.25) is 11.9 Å². The highest BCUT2D eigenvalue weighted by atomic mass is 16.6. The predicted octanol–water partition coefficient (Wildman–Crippen LogP) is 2.89. The average molecular weight is 687 g/mol. The third-order valence-corrected chi connectivity index (χ3v) is 5.64. The van der Waals surface area contributed by atoms with Crippen LogP contribution in [0.5, 0.6) is 0 Å². The summed E-state index contributed by atoms with van der Waals surface area (Å²) >= 11 is 0. The summed E-state index contributed by atoms with van der Waals surface area (Å²) in [7, 11) is 0. The molecular formula is C30H30N12O8. The highest BCUT2D eigenvalue weighted by molar-refractivity contribution is 6.27. The van der Waals surface area contributed by atoms with Gasteiger partial charge in [-0.1, -0.05) is 24.3 Å². The first-order valence-corrected chi connectivity index (χ1v) is 13.7. The molecule has 20 nitrogen and oxygen atoms in total. The van der Waals surface area contributed by atoms with Gasteiger partial charge in [-0.05, 0) is 60.7 Å². The summed E-state index contributed by atoms with van der Waals surface area (Å²) in [6, 6.07) is 20.2. The van der Waals surface area contributed by atoms with E-state index in [9.17, 15) is 20.2 Å². The number of hydrogen-bond donors (Lipinski definition) is 8. The second-order valence-electron chi connectivity index (χ2n) is 9.03. The van der Waals surface area contributed by atoms with Gasteiger partial charge in [-0.3, -0.25) is 31.0 Å². The SMILES string of the molecule is N=C(N)N/N=C/C=C/c1cccn1-c1ccccc1[N+](=O)[O-].N=C(N)N/N=C/C=C/c1cccn1-c1ccccc1[N+](=O)[O-].O=C(O)C(=O)O. The van der Waals surface area contributed by atoms with Crippen LogP contribution in [0.15, 0.2) is 108 Å². The third kappa shape index (κ3) is 12.5. The summed E-state index contributed by atoms with van der Waals surface area (Å²) in [4.78, 5) is 39.6. The molecule has 0 bridgehead atoms. The van der Waals surface area contributed by atoms with Crippen LogP contribution in [0, 0.1) is 31.0 Å². The van der Waals surface area contributed by atoms with E-state index in [2.05, 4.69) is 21.1 Å². The zero-order valence-corrected chi connectivity index (χ0v) is 25.7. The van der Waals surface area contributed by atoms with Crippen LogP contribution in [0.4, 0.5) is 11.4 Å². The van der Waals surface area contributed by atoms with Crippen molar-refractivity contribution < 1.29 is 29.6 Å². The third-order valence-electron chi connectivity index (χ3n) is 5.64. The van der Waals surface area contributed by atoms with Crippen molar-refractivity contribution in [2.24, 2.45) is 21.7 Å². The van der Waals surface area contributed by atoms with E-state index in [0.29, 0.717) is 11.4 Å². The van der Waals surface area contributed by atoms with Crippen molar-refractivity contribution in [2.45, 2.75) is 0 Å². The van der Waals surface area contributed by atoms with Crippen LogP contribution < -0.4 is 22.3 Å². The fraction of sp³-hybridized carbons (Fsp3) is 0. The van der Waals surface area contributed by atoms with Crippen molar-refractivity contribution >= 4 is 59.8 Å². The number of nitro benzene ring substituents is 2. The number of carboxylic acids is 2. The summed E-state index contributed by atoms with van der Waals surface area (Å²) in [6.45, 7) is 0. The molecule has 20 heteroatoms. The van der Waals surface area contributed by atoms with Gasteiger partial charge in [0.25, 0.3) is 11.4 Å². The Bertz CT molecular complexity index is 1820. The lowest BCUT2D eigenvalue weighted by molar-refractivity contribution is -0.384. The van der Waals surface area contributed by atoms with Gasteiger partial charge in [0, 0.05) is 48.3 Å². The standard InChI is InChI=1S/2C14H14N6O2.C2H2O4/c2*15-14(16)18-17-9-3-5-11-6-4-10-19(11)12-7-1-2-8-13(12)20(21)22;3-1(4)2(5)6/h2*1-10H,(H4,15,16,18);(H,3,4)(H,5,6)/b2*5-3+,17-9+;. The summed E-state index contributed by atoms with van der Waals surface area (Å²) in [5.41, 5.74) is 17.2. The van der Waals surface area contributed by atoms with Gasteiger partial charge in [-0.15, -0.1) is 0 Å². The Kier molecular flexibility index (Phi) is 15.0. The number of hydrazone groups is 2. The van der Waals surface area contributed by atoms with E-state index in [-0.39, 0.29) is 23.3 Å². The normalized spacial score (nSPS) is 10.6. The number of carboxylic acid groups (broad SMARTS) is 2. The highest BCUT2D eigenvalue weighted by Gasteiger charge is 2.16. The Morgan fingerprint density at radius 3 is 1.36 bits per heavy atom. The minimum atomic E-state index is -1.82. The molecule has 2 heterocycles. The second-order valence-corrected chi connectivity index (χ2v) is 9.03. The first kappa shape index (κ1) is 38.3. The number of nitrogens with one attached hydrogen (secondary N) is 4. The lowest BCUT2D eigenvalue weighted by Gasteiger charge is -2.06. The largest absolute Gasteiger partial charge is 0.473 e. The van der Waals surface area contributed by atoms with E-state index < -0.39 is 21.8 Å². The van der Waals surface area contributed by atoms with E-state index in [4.69, 9.17) is 42.1 Å². The molecule has 50 heavy (non-hydrogen) atoms. The summed E-state index contributed by atoms with van der Waals surface area (Å²) < 4.78 is 3.42. The maximum Gasteiger partial charge on any atom is 0.414 e. The van der Waals surface area contributed by atoms with Gasteiger partial charge < -0.3 is 30.8 Å². The molecule has 4 rings (SSSR count). The Morgan fingerprint density at radius 1 is 0.680 bits per heavy atom. The van der Waals surface area contributed by atoms with E-state index in [1.165, 1.54) is 24.6 Å². The highest BCUT2D eigenvalue weighted by Crippen LogP contribution is 2.25. The Balaban J connectivity index is 0.000000299. The molecule has 0 saturated heterocycles. The number of para-hydroxylation sites is 4. The van der Waals surface area contributed by atoms with Crippen LogP contribution in [0.3, 0.4) is 0 Å². The zero-order chi connectivity index (χ0) is 37.1. The minimum absolute atomic E-state index is 0.0280. The molecule has 0 aliphatic carbocycles. The van der Waals surface area contributed by atoms with Crippen LogP contribution in [-0.4, -0.2) is 65.5 Å². The zero-order valence-electron chi connectivity index (χ0n) is 25.7. The van der Waals surface area contributed by atoms with Crippen LogP contribution in [-0.2, 0) is 9.59 Å². The first-order chi connectivity index (χ1) is 23.8. The average Bonchev–Trinajstić information content (AvgIpc) is 3.74. The molecule has 2 aromatic heterocycles. The van der Waals surface area contributed by atoms with Gasteiger partial charge >= 0.3 is 11.9 Å². The molecule has 0 unspecified atom stereocenters. The number of rotatable bonds is 10. The van der Waals surface area contributed by atoms with E-state index in [1.807, 2.05) is 12.1 Å². The smallest absolute Gasteiger partial charge is 0.414 e. The van der Waals surface area contributed by atoms with Crippen molar-refractivity contribution in [2.75, 3.05) is 0 Å². The molecule has 0 aliphatic rings. The van der Waals surface area contributed by atoms with Crippen molar-refractivity contribution in [3.63, 3.8) is 0 Å². The Hall–Kier alpha value is -7.90. The second kappa shape index (κ2) is 19.6. The van der Waals surface area contributed by atoms with Crippen LogP contribution in [0.2, 0.25) is 0 Å². The number of nitrogens with zero attached hydrogens (tertiary/aromatic N) is 6. The maximum atomic E-state index is 11.1. The summed E-state index contributed by atoms with van der Waals surface area (Å²) in [5, 5.41) is 58.3. The van der Waals surface area contributed by atoms with Gasteiger partial charge in [-0.2, -0.15) is 10.2 Å². The maximum absolute atomic E-state index is 11.1. The molecule has 0 spiro atoms. The van der Waals surface area contributed by atoms with E-state index in [1.54, 1.807) is 94.4 Å². The van der Waals surface area contributed by atoms with Gasteiger partial charge in [0.05, 0.1) is 9.85 Å². The van der Waals surface area contributed by atoms with Gasteiger partial charge in [0.15, 0.2) is 0 Å². The number of carbonyl (C=O) groups is 2. The number of allylic oxidation sites excluding steroid dienone is 2. The molecule has 0 fully saturated rings. The van der Waals surface area contributed by atoms with Crippen molar-refractivity contribution in [3.8, 4) is 11.4 Å². The molecule has 0 amide bonds.